The van der Waals surface area contributed by atoms with Gasteiger partial charge in [-0.25, -0.2) is 18.7 Å². The van der Waals surface area contributed by atoms with Gasteiger partial charge >= 0.3 is 5.97 Å². The van der Waals surface area contributed by atoms with E-state index in [9.17, 15) is 9.90 Å². The number of carboxylic acid groups (broad SMARTS) is 1. The lowest BCUT2D eigenvalue weighted by molar-refractivity contribution is -0.160. The van der Waals surface area contributed by atoms with E-state index in [1.54, 1.807) is 32.2 Å². The van der Waals surface area contributed by atoms with Gasteiger partial charge in [-0.15, -0.1) is 0 Å². The Labute approximate surface area is 271 Å². The number of hydrogen-bond acceptors (Lipinski definition) is 6. The molecule has 1 aliphatic heterocycles. The van der Waals surface area contributed by atoms with E-state index in [2.05, 4.69) is 11.1 Å². The summed E-state index contributed by atoms with van der Waals surface area (Å²) in [7, 11) is 0. The van der Waals surface area contributed by atoms with E-state index in [-0.39, 0.29) is 5.75 Å². The molecule has 0 unspecified atom stereocenters. The van der Waals surface area contributed by atoms with Crippen molar-refractivity contribution in [2.75, 3.05) is 6.61 Å². The number of hydrogen-bond donors (Lipinski definition) is 1. The molecule has 1 aliphatic rings. The van der Waals surface area contributed by atoms with Crippen molar-refractivity contribution in [1.82, 2.24) is 19.6 Å². The molecule has 47 heavy (non-hydrogen) atoms. The molecular weight excluding hydrogens is 595 g/mol. The second kappa shape index (κ2) is 11.6. The van der Waals surface area contributed by atoms with Gasteiger partial charge in [-0.2, -0.15) is 5.10 Å². The van der Waals surface area contributed by atoms with E-state index >= 15 is 4.39 Å². The van der Waals surface area contributed by atoms with E-state index in [4.69, 9.17) is 19.6 Å². The Balaban J connectivity index is 1.45. The summed E-state index contributed by atoms with van der Waals surface area (Å²) in [5.74, 6) is -1.42. The molecule has 3 aromatic carbocycles. The fourth-order valence-electron chi connectivity index (χ4n) is 6.42. The highest BCUT2D eigenvalue weighted by atomic mass is 19.1. The number of carboxylic acids is 1. The van der Waals surface area contributed by atoms with Gasteiger partial charge in [-0.3, -0.25) is 4.98 Å². The fourth-order valence-corrected chi connectivity index (χ4v) is 6.42. The van der Waals surface area contributed by atoms with Crippen LogP contribution in [0.1, 0.15) is 55.7 Å². The van der Waals surface area contributed by atoms with Crippen molar-refractivity contribution in [3.8, 4) is 39.4 Å². The van der Waals surface area contributed by atoms with E-state index in [1.807, 2.05) is 67.7 Å². The van der Waals surface area contributed by atoms with Gasteiger partial charge in [0.25, 0.3) is 0 Å². The standard InChI is InChI=1S/C38H35FN4O4/c1-21-27-13-9-15-46-35(27)29(39)18-28(21)34-33(36(37(44)45)47-38(3,4)5)22(2)41-32-19-31(42-43(32)34)25-12-8-11-23(16-25)26-17-24-10-6-7-14-30(24)40-20-26/h6-8,10-12,14,16-20,36H,9,13,15H2,1-5H3,(H,44,45)/t36-/m0/s1. The van der Waals surface area contributed by atoms with Crippen molar-refractivity contribution in [2.45, 2.75) is 59.2 Å². The molecule has 7 rings (SSSR count). The Morgan fingerprint density at radius 1 is 1.02 bits per heavy atom. The summed E-state index contributed by atoms with van der Waals surface area (Å²) < 4.78 is 29.2. The zero-order valence-corrected chi connectivity index (χ0v) is 27.0. The molecule has 0 bridgehead atoms. The number of aryl methyl sites for hydroxylation is 1. The van der Waals surface area contributed by atoms with Crippen molar-refractivity contribution in [1.29, 1.82) is 0 Å². The van der Waals surface area contributed by atoms with Crippen LogP contribution in [0, 0.1) is 19.7 Å². The summed E-state index contributed by atoms with van der Waals surface area (Å²) in [5.41, 5.74) is 7.35. The molecule has 0 aliphatic carbocycles. The molecule has 0 fully saturated rings. The maximum atomic E-state index is 15.7. The first-order valence-electron chi connectivity index (χ1n) is 15.7. The maximum absolute atomic E-state index is 15.7. The number of ether oxygens (including phenoxy) is 2. The second-order valence-corrected chi connectivity index (χ2v) is 13.0. The van der Waals surface area contributed by atoms with Gasteiger partial charge in [-0.1, -0.05) is 36.4 Å². The molecule has 0 amide bonds. The molecule has 1 atom stereocenters. The Bertz CT molecular complexity index is 2200. The SMILES string of the molecule is Cc1nc2cc(-c3cccc(-c4cnc5ccccc5c4)c3)nn2c(-c2cc(F)c3c(c2C)CCCO3)c1[C@H](OC(C)(C)C)C(=O)O. The van der Waals surface area contributed by atoms with Crippen LogP contribution in [0.4, 0.5) is 4.39 Å². The van der Waals surface area contributed by atoms with E-state index < -0.39 is 23.5 Å². The van der Waals surface area contributed by atoms with E-state index in [0.29, 0.717) is 46.9 Å². The van der Waals surface area contributed by atoms with Crippen LogP contribution in [0.25, 0.3) is 50.2 Å². The number of fused-ring (bicyclic) bond motifs is 3. The maximum Gasteiger partial charge on any atom is 0.337 e. The van der Waals surface area contributed by atoms with E-state index in [0.717, 1.165) is 45.1 Å². The third kappa shape index (κ3) is 5.61. The van der Waals surface area contributed by atoms with Crippen LogP contribution in [0.2, 0.25) is 0 Å². The number of carbonyl (C=O) groups is 1. The first kappa shape index (κ1) is 30.5. The fraction of sp³-hybridized carbons (Fsp3) is 0.263. The number of rotatable bonds is 6. The highest BCUT2D eigenvalue weighted by molar-refractivity contribution is 5.85. The first-order valence-corrected chi connectivity index (χ1v) is 15.7. The highest BCUT2D eigenvalue weighted by Crippen LogP contribution is 2.42. The average Bonchev–Trinajstić information content (AvgIpc) is 3.48. The van der Waals surface area contributed by atoms with Gasteiger partial charge in [0.15, 0.2) is 23.3 Å². The highest BCUT2D eigenvalue weighted by Gasteiger charge is 2.34. The van der Waals surface area contributed by atoms with Crippen LogP contribution >= 0.6 is 0 Å². The first-order chi connectivity index (χ1) is 22.5. The predicted octanol–water partition coefficient (Wildman–Crippen LogP) is 8.30. The minimum absolute atomic E-state index is 0.253. The molecule has 0 saturated heterocycles. The number of aliphatic carboxylic acids is 1. The molecule has 3 aromatic heterocycles. The molecular formula is C38H35FN4O4. The monoisotopic (exact) mass is 630 g/mol. The molecule has 0 radical (unpaired) electrons. The third-order valence-corrected chi connectivity index (χ3v) is 8.56. The van der Waals surface area contributed by atoms with Gasteiger partial charge in [0.2, 0.25) is 0 Å². The van der Waals surface area contributed by atoms with Crippen LogP contribution in [0.3, 0.4) is 0 Å². The summed E-state index contributed by atoms with van der Waals surface area (Å²) in [4.78, 5) is 22.3. The average molecular weight is 631 g/mol. The van der Waals surface area contributed by atoms with Gasteiger partial charge in [0, 0.05) is 51.2 Å². The van der Waals surface area contributed by atoms with Crippen LogP contribution in [0.5, 0.6) is 5.75 Å². The summed E-state index contributed by atoms with van der Waals surface area (Å²) in [6.45, 7) is 9.52. The van der Waals surface area contributed by atoms with Crippen molar-refractivity contribution >= 4 is 22.5 Å². The van der Waals surface area contributed by atoms with Gasteiger partial charge in [0.1, 0.15) is 0 Å². The number of nitrogens with zero attached hydrogens (tertiary/aromatic N) is 4. The van der Waals surface area contributed by atoms with E-state index in [1.165, 1.54) is 6.07 Å². The number of halogens is 1. The van der Waals surface area contributed by atoms with Crippen LogP contribution < -0.4 is 4.74 Å². The van der Waals surface area contributed by atoms with Crippen molar-refractivity contribution in [3.05, 3.63) is 101 Å². The van der Waals surface area contributed by atoms with Crippen molar-refractivity contribution in [3.63, 3.8) is 0 Å². The normalized spacial score (nSPS) is 13.8. The summed E-state index contributed by atoms with van der Waals surface area (Å²) >= 11 is 0. The van der Waals surface area contributed by atoms with Crippen LogP contribution in [0.15, 0.2) is 72.9 Å². The topological polar surface area (TPSA) is 98.8 Å². The lowest BCUT2D eigenvalue weighted by atomic mass is 9.91. The van der Waals surface area contributed by atoms with Crippen molar-refractivity contribution < 1.29 is 23.8 Å². The molecule has 238 valence electrons. The zero-order chi connectivity index (χ0) is 33.0. The molecule has 8 nitrogen and oxygen atoms in total. The Hall–Kier alpha value is -5.15. The van der Waals surface area contributed by atoms with Gasteiger partial charge in [0.05, 0.1) is 29.1 Å². The second-order valence-electron chi connectivity index (χ2n) is 13.0. The van der Waals surface area contributed by atoms with Crippen LogP contribution in [-0.2, 0) is 16.0 Å². The third-order valence-electron chi connectivity index (χ3n) is 8.56. The molecule has 1 N–H and O–H groups in total. The van der Waals surface area contributed by atoms with Crippen molar-refractivity contribution in [2.24, 2.45) is 0 Å². The Kier molecular flexibility index (Phi) is 7.51. The van der Waals surface area contributed by atoms with Gasteiger partial charge < -0.3 is 14.6 Å². The Morgan fingerprint density at radius 2 is 1.81 bits per heavy atom. The van der Waals surface area contributed by atoms with Crippen LogP contribution in [-0.4, -0.2) is 42.9 Å². The summed E-state index contributed by atoms with van der Waals surface area (Å²) in [6, 6.07) is 21.4. The number of pyridine rings is 1. The zero-order valence-electron chi connectivity index (χ0n) is 27.0. The lowest BCUT2D eigenvalue weighted by Gasteiger charge is -2.28. The minimum Gasteiger partial charge on any atom is -0.490 e. The number of aromatic nitrogens is 4. The smallest absolute Gasteiger partial charge is 0.337 e. The Morgan fingerprint density at radius 3 is 2.60 bits per heavy atom. The molecule has 0 saturated carbocycles. The summed E-state index contributed by atoms with van der Waals surface area (Å²) in [6.07, 6.45) is 1.89. The van der Waals surface area contributed by atoms with Gasteiger partial charge in [-0.05, 0) is 82.9 Å². The molecule has 6 aromatic rings. The number of para-hydroxylation sites is 1. The predicted molar refractivity (Wildman–Crippen MR) is 179 cm³/mol. The largest absolute Gasteiger partial charge is 0.490 e. The summed E-state index contributed by atoms with van der Waals surface area (Å²) in [5, 5.41) is 16.5. The lowest BCUT2D eigenvalue weighted by Crippen LogP contribution is -2.29. The molecule has 0 spiro atoms. The molecule has 4 heterocycles. The minimum atomic E-state index is -1.38. The quantitative estimate of drug-likeness (QED) is 0.198. The molecule has 9 heteroatoms. The number of benzene rings is 3.